The maximum Gasteiger partial charge on any atom is 0.0346 e. The fourth-order valence-electron chi connectivity index (χ4n) is 4.82. The molecule has 2 fully saturated rings. The smallest absolute Gasteiger partial charge is 0.0346 e. The Kier molecular flexibility index (Phi) is 3.42. The van der Waals surface area contributed by atoms with Crippen LogP contribution in [-0.4, -0.2) is 12.0 Å². The number of hydrogen-bond acceptors (Lipinski definition) is 2. The molecule has 0 saturated heterocycles. The summed E-state index contributed by atoms with van der Waals surface area (Å²) in [6.07, 6.45) is 11.1. The average molecular weight is 280 g/mol. The van der Waals surface area contributed by atoms with E-state index in [9.17, 15) is 0 Å². The number of aromatic nitrogens is 1. The molecule has 4 atom stereocenters. The molecule has 2 nitrogen and oxygen atoms in total. The Bertz CT molecular complexity index is 631. The Morgan fingerprint density at radius 2 is 2.19 bits per heavy atom. The standard InChI is InChI=1S/C19H24N2/c1-20-19(11-16-10-13-5-6-14(16)9-13)18-4-2-3-15-12-21-8-7-17(15)18/h2-4,7-8,12-14,16,19-20H,5-6,9-11H2,1H3. The molecular formula is C19H24N2. The fourth-order valence-corrected chi connectivity index (χ4v) is 4.82. The Hall–Kier alpha value is -1.41. The van der Waals surface area contributed by atoms with E-state index in [-0.39, 0.29) is 0 Å². The number of pyridine rings is 1. The molecule has 1 N–H and O–H groups in total. The van der Waals surface area contributed by atoms with Crippen LogP contribution in [0.25, 0.3) is 10.8 Å². The van der Waals surface area contributed by atoms with Crippen molar-refractivity contribution >= 4 is 10.8 Å². The highest BCUT2D eigenvalue weighted by atomic mass is 14.9. The van der Waals surface area contributed by atoms with E-state index in [2.05, 4.69) is 41.6 Å². The van der Waals surface area contributed by atoms with Gasteiger partial charge in [-0.1, -0.05) is 24.6 Å². The first-order valence-corrected chi connectivity index (χ1v) is 8.35. The van der Waals surface area contributed by atoms with Crippen LogP contribution in [0.4, 0.5) is 0 Å². The molecule has 110 valence electrons. The number of rotatable bonds is 4. The minimum atomic E-state index is 0.473. The van der Waals surface area contributed by atoms with Crippen LogP contribution < -0.4 is 5.32 Å². The molecular weight excluding hydrogens is 256 g/mol. The van der Waals surface area contributed by atoms with E-state index >= 15 is 0 Å². The highest BCUT2D eigenvalue weighted by Gasteiger charge is 2.40. The van der Waals surface area contributed by atoms with E-state index < -0.39 is 0 Å². The Morgan fingerprint density at radius 3 is 2.95 bits per heavy atom. The Labute approximate surface area is 127 Å². The molecule has 2 bridgehead atoms. The van der Waals surface area contributed by atoms with Crippen molar-refractivity contribution in [2.75, 3.05) is 7.05 Å². The van der Waals surface area contributed by atoms with Gasteiger partial charge >= 0.3 is 0 Å². The first-order chi connectivity index (χ1) is 10.3. The van der Waals surface area contributed by atoms with Crippen LogP contribution in [0.1, 0.15) is 43.7 Å². The molecule has 21 heavy (non-hydrogen) atoms. The Morgan fingerprint density at radius 1 is 1.24 bits per heavy atom. The molecule has 2 saturated carbocycles. The number of fused-ring (bicyclic) bond motifs is 3. The van der Waals surface area contributed by atoms with E-state index in [4.69, 9.17) is 0 Å². The predicted octanol–water partition coefficient (Wildman–Crippen LogP) is 4.32. The van der Waals surface area contributed by atoms with Crippen LogP contribution in [0.5, 0.6) is 0 Å². The molecule has 2 aliphatic rings. The molecule has 2 aliphatic carbocycles. The second kappa shape index (κ2) is 5.42. The summed E-state index contributed by atoms with van der Waals surface area (Å²) in [5.74, 6) is 2.97. The maximum atomic E-state index is 4.25. The van der Waals surface area contributed by atoms with Crippen LogP contribution in [-0.2, 0) is 0 Å². The van der Waals surface area contributed by atoms with Crippen molar-refractivity contribution in [1.82, 2.24) is 10.3 Å². The molecule has 4 rings (SSSR count). The van der Waals surface area contributed by atoms with Crippen molar-refractivity contribution in [3.63, 3.8) is 0 Å². The fraction of sp³-hybridized carbons (Fsp3) is 0.526. The minimum Gasteiger partial charge on any atom is -0.313 e. The lowest BCUT2D eigenvalue weighted by molar-refractivity contribution is 0.285. The van der Waals surface area contributed by atoms with E-state index in [0.717, 1.165) is 17.8 Å². The normalized spacial score (nSPS) is 29.1. The van der Waals surface area contributed by atoms with Crippen molar-refractivity contribution < 1.29 is 0 Å². The van der Waals surface area contributed by atoms with Crippen molar-refractivity contribution in [3.8, 4) is 0 Å². The predicted molar refractivity (Wildman–Crippen MR) is 87.1 cm³/mol. The average Bonchev–Trinajstić information content (AvgIpc) is 3.15. The zero-order valence-electron chi connectivity index (χ0n) is 12.8. The van der Waals surface area contributed by atoms with E-state index in [0.29, 0.717) is 6.04 Å². The number of nitrogens with one attached hydrogen (secondary N) is 1. The van der Waals surface area contributed by atoms with Crippen LogP contribution in [0.15, 0.2) is 36.7 Å². The summed E-state index contributed by atoms with van der Waals surface area (Å²) >= 11 is 0. The molecule has 0 spiro atoms. The van der Waals surface area contributed by atoms with Gasteiger partial charge in [-0.15, -0.1) is 0 Å². The molecule has 4 unspecified atom stereocenters. The van der Waals surface area contributed by atoms with Gasteiger partial charge in [0.2, 0.25) is 0 Å². The topological polar surface area (TPSA) is 24.9 Å². The first kappa shape index (κ1) is 13.3. The second-order valence-corrected chi connectivity index (χ2v) is 6.96. The van der Waals surface area contributed by atoms with Crippen molar-refractivity contribution in [1.29, 1.82) is 0 Å². The lowest BCUT2D eigenvalue weighted by atomic mass is 9.82. The number of benzene rings is 1. The summed E-state index contributed by atoms with van der Waals surface area (Å²) in [5.41, 5.74) is 1.44. The largest absolute Gasteiger partial charge is 0.313 e. The lowest BCUT2D eigenvalue weighted by Crippen LogP contribution is -2.22. The van der Waals surface area contributed by atoms with E-state index in [1.165, 1.54) is 48.4 Å². The summed E-state index contributed by atoms with van der Waals surface area (Å²) < 4.78 is 0. The third-order valence-electron chi connectivity index (χ3n) is 5.86. The molecule has 1 heterocycles. The van der Waals surface area contributed by atoms with Gasteiger partial charge in [-0.2, -0.15) is 0 Å². The highest BCUT2D eigenvalue weighted by Crippen LogP contribution is 2.51. The van der Waals surface area contributed by atoms with Crippen molar-refractivity contribution in [3.05, 3.63) is 42.2 Å². The van der Waals surface area contributed by atoms with Crippen molar-refractivity contribution in [2.45, 2.75) is 38.1 Å². The third-order valence-corrected chi connectivity index (χ3v) is 5.86. The zero-order chi connectivity index (χ0) is 14.2. The quantitative estimate of drug-likeness (QED) is 0.902. The maximum absolute atomic E-state index is 4.25. The third kappa shape index (κ3) is 2.36. The Balaban J connectivity index is 1.62. The SMILES string of the molecule is CNC(CC1CC2CCC1C2)c1cccc2cnccc12. The van der Waals surface area contributed by atoms with E-state index in [1.54, 1.807) is 0 Å². The van der Waals surface area contributed by atoms with Crippen LogP contribution in [0.3, 0.4) is 0 Å². The van der Waals surface area contributed by atoms with Crippen molar-refractivity contribution in [2.24, 2.45) is 17.8 Å². The van der Waals surface area contributed by atoms with Gasteiger partial charge in [0.25, 0.3) is 0 Å². The highest BCUT2D eigenvalue weighted by molar-refractivity contribution is 5.85. The summed E-state index contributed by atoms with van der Waals surface area (Å²) in [7, 11) is 2.11. The summed E-state index contributed by atoms with van der Waals surface area (Å²) in [6, 6.07) is 9.26. The molecule has 2 heteroatoms. The second-order valence-electron chi connectivity index (χ2n) is 6.96. The van der Waals surface area contributed by atoms with Gasteiger partial charge in [-0.25, -0.2) is 0 Å². The number of nitrogens with zero attached hydrogens (tertiary/aromatic N) is 1. The van der Waals surface area contributed by atoms with Gasteiger partial charge in [0.15, 0.2) is 0 Å². The minimum absolute atomic E-state index is 0.473. The van der Waals surface area contributed by atoms with Gasteiger partial charge in [0, 0.05) is 23.8 Å². The van der Waals surface area contributed by atoms with E-state index in [1.807, 2.05) is 12.4 Å². The molecule has 0 radical (unpaired) electrons. The zero-order valence-corrected chi connectivity index (χ0v) is 12.8. The number of hydrogen-bond donors (Lipinski definition) is 1. The van der Waals surface area contributed by atoms with Gasteiger partial charge in [0.05, 0.1) is 0 Å². The monoisotopic (exact) mass is 280 g/mol. The van der Waals surface area contributed by atoms with Gasteiger partial charge < -0.3 is 5.32 Å². The molecule has 1 aromatic heterocycles. The summed E-state index contributed by atoms with van der Waals surface area (Å²) in [4.78, 5) is 4.25. The van der Waals surface area contributed by atoms with Gasteiger partial charge in [0.1, 0.15) is 0 Å². The van der Waals surface area contributed by atoms with Crippen LogP contribution >= 0.6 is 0 Å². The van der Waals surface area contributed by atoms with Gasteiger partial charge in [-0.3, -0.25) is 4.98 Å². The molecule has 0 amide bonds. The molecule has 0 aliphatic heterocycles. The first-order valence-electron chi connectivity index (χ1n) is 8.35. The van der Waals surface area contributed by atoms with Gasteiger partial charge in [-0.05, 0) is 67.5 Å². The summed E-state index contributed by atoms with van der Waals surface area (Å²) in [5, 5.41) is 6.19. The van der Waals surface area contributed by atoms with Crippen LogP contribution in [0.2, 0.25) is 0 Å². The lowest BCUT2D eigenvalue weighted by Gasteiger charge is -2.27. The molecule has 1 aromatic carbocycles. The van der Waals surface area contributed by atoms with Crippen LogP contribution in [0, 0.1) is 17.8 Å². The molecule has 2 aromatic rings. The summed E-state index contributed by atoms with van der Waals surface area (Å²) in [6.45, 7) is 0.